The van der Waals surface area contributed by atoms with Crippen molar-refractivity contribution >= 4 is 11.9 Å². The van der Waals surface area contributed by atoms with Crippen molar-refractivity contribution < 1.29 is 23.8 Å². The van der Waals surface area contributed by atoms with E-state index in [0.717, 1.165) is 0 Å². The molecule has 0 saturated heterocycles. The van der Waals surface area contributed by atoms with E-state index >= 15 is 0 Å². The van der Waals surface area contributed by atoms with Crippen LogP contribution < -0.4 is 0 Å². The van der Waals surface area contributed by atoms with E-state index in [4.69, 9.17) is 4.74 Å². The second-order valence-corrected chi connectivity index (χ2v) is 5.19. The highest BCUT2D eigenvalue weighted by Gasteiger charge is 2.23. The van der Waals surface area contributed by atoms with E-state index in [9.17, 15) is 19.1 Å². The topological polar surface area (TPSA) is 66.8 Å². The lowest BCUT2D eigenvalue weighted by molar-refractivity contribution is -0.144. The number of esters is 1. The van der Waals surface area contributed by atoms with Crippen molar-refractivity contribution in [3.05, 3.63) is 35.6 Å². The Hall–Kier alpha value is -1.95. The quantitative estimate of drug-likeness (QED) is 0.705. The highest BCUT2D eigenvalue weighted by atomic mass is 19.1. The molecule has 0 aliphatic rings. The van der Waals surface area contributed by atoms with Crippen molar-refractivity contribution in [3.63, 3.8) is 0 Å². The molecule has 1 aromatic rings. The third-order valence-corrected chi connectivity index (χ3v) is 3.57. The third-order valence-electron chi connectivity index (χ3n) is 3.57. The molecule has 1 atom stereocenters. The van der Waals surface area contributed by atoms with Crippen LogP contribution >= 0.6 is 0 Å². The average Bonchev–Trinajstić information content (AvgIpc) is 2.53. The molecule has 0 aliphatic carbocycles. The summed E-state index contributed by atoms with van der Waals surface area (Å²) in [6.45, 7) is 3.90. The number of nitrogens with zero attached hydrogens (tertiary/aromatic N) is 1. The average molecular weight is 325 g/mol. The number of aliphatic hydroxyl groups excluding tert-OH is 1. The highest BCUT2D eigenvalue weighted by molar-refractivity contribution is 5.80. The van der Waals surface area contributed by atoms with E-state index in [2.05, 4.69) is 0 Å². The predicted octanol–water partition coefficient (Wildman–Crippen LogP) is 1.92. The fourth-order valence-corrected chi connectivity index (χ4v) is 2.28. The molecule has 0 fully saturated rings. The van der Waals surface area contributed by atoms with Crippen LogP contribution in [0.25, 0.3) is 0 Å². The van der Waals surface area contributed by atoms with Gasteiger partial charge in [0.25, 0.3) is 0 Å². The molecule has 1 aromatic carbocycles. The molecule has 0 spiro atoms. The molecule has 0 aromatic heterocycles. The van der Waals surface area contributed by atoms with Gasteiger partial charge >= 0.3 is 5.97 Å². The van der Waals surface area contributed by atoms with E-state index in [1.807, 2.05) is 6.92 Å². The Morgan fingerprint density at radius 1 is 1.26 bits per heavy atom. The summed E-state index contributed by atoms with van der Waals surface area (Å²) in [7, 11) is 0. The lowest BCUT2D eigenvalue weighted by Crippen LogP contribution is -2.44. The van der Waals surface area contributed by atoms with E-state index in [1.54, 1.807) is 19.1 Å². The minimum atomic E-state index is -0.375. The van der Waals surface area contributed by atoms with Gasteiger partial charge in [0.2, 0.25) is 5.91 Å². The van der Waals surface area contributed by atoms with E-state index in [-0.39, 0.29) is 49.7 Å². The van der Waals surface area contributed by atoms with Gasteiger partial charge in [0.1, 0.15) is 5.82 Å². The molecule has 0 heterocycles. The summed E-state index contributed by atoms with van der Waals surface area (Å²) >= 11 is 0. The summed E-state index contributed by atoms with van der Waals surface area (Å²) in [5, 5.41) is 9.46. The Morgan fingerprint density at radius 3 is 2.43 bits per heavy atom. The van der Waals surface area contributed by atoms with Crippen molar-refractivity contribution in [3.8, 4) is 0 Å². The van der Waals surface area contributed by atoms with Crippen LogP contribution in [0.4, 0.5) is 4.39 Å². The van der Waals surface area contributed by atoms with Crippen molar-refractivity contribution in [2.45, 2.75) is 39.2 Å². The molecule has 128 valence electrons. The molecular weight excluding hydrogens is 301 g/mol. The SMILES string of the molecule is CCOC(=O)CCN(C(=O)Cc1ccc(F)cc1)C(CC)CO. The van der Waals surface area contributed by atoms with Gasteiger partial charge in [0.05, 0.1) is 32.1 Å². The van der Waals surface area contributed by atoms with Crippen LogP contribution in [-0.2, 0) is 20.7 Å². The van der Waals surface area contributed by atoms with Crippen LogP contribution in [0.15, 0.2) is 24.3 Å². The van der Waals surface area contributed by atoms with Gasteiger partial charge in [-0.3, -0.25) is 9.59 Å². The van der Waals surface area contributed by atoms with Crippen molar-refractivity contribution in [2.24, 2.45) is 0 Å². The first-order chi connectivity index (χ1) is 11.0. The van der Waals surface area contributed by atoms with Gasteiger partial charge < -0.3 is 14.7 Å². The Kier molecular flexibility index (Phi) is 8.26. The number of aliphatic hydroxyl groups is 1. The number of benzene rings is 1. The smallest absolute Gasteiger partial charge is 0.307 e. The number of carbonyl (C=O) groups is 2. The second kappa shape index (κ2) is 9.94. The molecule has 1 N–H and O–H groups in total. The molecule has 23 heavy (non-hydrogen) atoms. The fourth-order valence-electron chi connectivity index (χ4n) is 2.28. The largest absolute Gasteiger partial charge is 0.466 e. The first-order valence-corrected chi connectivity index (χ1v) is 7.82. The highest BCUT2D eigenvalue weighted by Crippen LogP contribution is 2.11. The van der Waals surface area contributed by atoms with Crippen LogP contribution in [0.3, 0.4) is 0 Å². The summed E-state index contributed by atoms with van der Waals surface area (Å²) < 4.78 is 17.8. The monoisotopic (exact) mass is 325 g/mol. The molecule has 0 aliphatic heterocycles. The number of amides is 1. The van der Waals surface area contributed by atoms with Gasteiger partial charge in [0, 0.05) is 6.54 Å². The van der Waals surface area contributed by atoms with Crippen LogP contribution in [0.2, 0.25) is 0 Å². The van der Waals surface area contributed by atoms with E-state index in [1.165, 1.54) is 17.0 Å². The number of halogens is 1. The number of hydrogen-bond acceptors (Lipinski definition) is 4. The maximum Gasteiger partial charge on any atom is 0.307 e. The van der Waals surface area contributed by atoms with Gasteiger partial charge in [-0.2, -0.15) is 0 Å². The number of ether oxygens (including phenoxy) is 1. The predicted molar refractivity (Wildman–Crippen MR) is 84.2 cm³/mol. The zero-order chi connectivity index (χ0) is 17.2. The van der Waals surface area contributed by atoms with E-state index < -0.39 is 0 Å². The first kappa shape index (κ1) is 19.1. The van der Waals surface area contributed by atoms with Crippen LogP contribution in [0.5, 0.6) is 0 Å². The molecular formula is C17H24FNO4. The zero-order valence-corrected chi connectivity index (χ0v) is 13.6. The molecule has 0 saturated carbocycles. The molecule has 0 bridgehead atoms. The zero-order valence-electron chi connectivity index (χ0n) is 13.6. The van der Waals surface area contributed by atoms with Gasteiger partial charge in [-0.15, -0.1) is 0 Å². The van der Waals surface area contributed by atoms with Crippen molar-refractivity contribution in [2.75, 3.05) is 19.8 Å². The van der Waals surface area contributed by atoms with Crippen LogP contribution in [0.1, 0.15) is 32.3 Å². The summed E-state index contributed by atoms with van der Waals surface area (Å²) in [4.78, 5) is 25.5. The minimum absolute atomic E-state index is 0.0828. The third kappa shape index (κ3) is 6.36. The molecule has 1 amide bonds. The number of rotatable bonds is 9. The van der Waals surface area contributed by atoms with Gasteiger partial charge in [-0.1, -0.05) is 19.1 Å². The van der Waals surface area contributed by atoms with Crippen molar-refractivity contribution in [1.82, 2.24) is 4.90 Å². The first-order valence-electron chi connectivity index (χ1n) is 7.82. The molecule has 6 heteroatoms. The molecule has 1 rings (SSSR count). The van der Waals surface area contributed by atoms with Gasteiger partial charge in [-0.25, -0.2) is 4.39 Å². The summed E-state index contributed by atoms with van der Waals surface area (Å²) in [5.41, 5.74) is 0.685. The lowest BCUT2D eigenvalue weighted by atomic mass is 10.1. The fraction of sp³-hybridized carbons (Fsp3) is 0.529. The Labute approximate surface area is 136 Å². The normalized spacial score (nSPS) is 11.8. The number of carbonyl (C=O) groups excluding carboxylic acids is 2. The summed E-state index contributed by atoms with van der Waals surface area (Å²) in [6.07, 6.45) is 0.758. The number of hydrogen-bond donors (Lipinski definition) is 1. The molecule has 0 radical (unpaired) electrons. The molecule has 1 unspecified atom stereocenters. The lowest BCUT2D eigenvalue weighted by Gasteiger charge is -2.30. The second-order valence-electron chi connectivity index (χ2n) is 5.19. The minimum Gasteiger partial charge on any atom is -0.466 e. The Morgan fingerprint density at radius 2 is 1.91 bits per heavy atom. The standard InChI is InChI=1S/C17H24FNO4/c1-3-15(12-20)19(10-9-17(22)23-4-2)16(21)11-13-5-7-14(18)8-6-13/h5-8,15,20H,3-4,9-12H2,1-2H3. The van der Waals surface area contributed by atoms with Crippen LogP contribution in [-0.4, -0.2) is 47.7 Å². The Balaban J connectivity index is 2.75. The molecule has 5 nitrogen and oxygen atoms in total. The van der Waals surface area contributed by atoms with Gasteiger partial charge in [-0.05, 0) is 31.0 Å². The maximum absolute atomic E-state index is 12.9. The van der Waals surface area contributed by atoms with E-state index in [0.29, 0.717) is 18.6 Å². The summed E-state index contributed by atoms with van der Waals surface area (Å²) in [6, 6.07) is 5.36. The van der Waals surface area contributed by atoms with Gasteiger partial charge in [0.15, 0.2) is 0 Å². The summed E-state index contributed by atoms with van der Waals surface area (Å²) in [5.74, 6) is -0.941. The maximum atomic E-state index is 12.9. The van der Waals surface area contributed by atoms with Crippen LogP contribution in [0, 0.1) is 5.82 Å². The Bertz CT molecular complexity index is 500. The van der Waals surface area contributed by atoms with Crippen molar-refractivity contribution in [1.29, 1.82) is 0 Å².